The zero-order valence-corrected chi connectivity index (χ0v) is 18.2. The van der Waals surface area contributed by atoms with E-state index in [4.69, 9.17) is 9.94 Å². The molecule has 0 aliphatic carbocycles. The van der Waals surface area contributed by atoms with E-state index < -0.39 is 17.9 Å². The summed E-state index contributed by atoms with van der Waals surface area (Å²) in [4.78, 5) is 28.3. The molecule has 0 radical (unpaired) electrons. The number of rotatable bonds is 21. The van der Waals surface area contributed by atoms with Crippen LogP contribution in [0.4, 0.5) is 0 Å². The number of hydroxylamine groups is 2. The highest BCUT2D eigenvalue weighted by Crippen LogP contribution is 2.15. The van der Waals surface area contributed by atoms with Gasteiger partial charge in [-0.25, -0.2) is 0 Å². The summed E-state index contributed by atoms with van der Waals surface area (Å²) in [7, 11) is 0. The van der Waals surface area contributed by atoms with Crippen LogP contribution in [0.2, 0.25) is 0 Å². The standard InChI is InChI=1S/C22H43NO5/c1-3-5-7-9-11-13-15-20(22(26)27)19-23(17-16-21(24)25)28-18-14-12-10-8-6-4-2/h20H,3-19H2,1-2H3,(H,24,25)(H,26,27). The van der Waals surface area contributed by atoms with Crippen LogP contribution in [0.15, 0.2) is 0 Å². The van der Waals surface area contributed by atoms with Crippen LogP contribution in [0.25, 0.3) is 0 Å². The molecule has 0 amide bonds. The number of carboxylic acid groups (broad SMARTS) is 2. The summed E-state index contributed by atoms with van der Waals surface area (Å²) in [6.07, 6.45) is 14.2. The first-order valence-corrected chi connectivity index (χ1v) is 11.3. The van der Waals surface area contributed by atoms with Gasteiger partial charge in [0.1, 0.15) is 0 Å². The van der Waals surface area contributed by atoms with Crippen LogP contribution >= 0.6 is 0 Å². The van der Waals surface area contributed by atoms with Gasteiger partial charge in [-0.15, -0.1) is 0 Å². The molecule has 2 N–H and O–H groups in total. The minimum Gasteiger partial charge on any atom is -0.481 e. The first kappa shape index (κ1) is 26.9. The normalized spacial score (nSPS) is 12.4. The zero-order valence-electron chi connectivity index (χ0n) is 18.2. The Hall–Kier alpha value is -1.14. The SMILES string of the molecule is CCCCCCCCON(CCC(=O)O)CC(CCCCCCCC)C(=O)O. The molecule has 0 fully saturated rings. The van der Waals surface area contributed by atoms with E-state index in [2.05, 4.69) is 13.8 Å². The van der Waals surface area contributed by atoms with Crippen LogP contribution in [0.5, 0.6) is 0 Å². The average Bonchev–Trinajstić information content (AvgIpc) is 2.66. The van der Waals surface area contributed by atoms with Gasteiger partial charge in [0.05, 0.1) is 18.9 Å². The highest BCUT2D eigenvalue weighted by molar-refractivity contribution is 5.70. The lowest BCUT2D eigenvalue weighted by Crippen LogP contribution is -2.35. The van der Waals surface area contributed by atoms with Gasteiger partial charge >= 0.3 is 11.9 Å². The molecule has 28 heavy (non-hydrogen) atoms. The van der Waals surface area contributed by atoms with Crippen molar-refractivity contribution in [3.63, 3.8) is 0 Å². The van der Waals surface area contributed by atoms with Crippen molar-refractivity contribution in [3.05, 3.63) is 0 Å². The van der Waals surface area contributed by atoms with E-state index in [-0.39, 0.29) is 19.5 Å². The second-order valence-corrected chi connectivity index (χ2v) is 7.72. The van der Waals surface area contributed by atoms with Crippen LogP contribution < -0.4 is 0 Å². The molecule has 0 bridgehead atoms. The highest BCUT2D eigenvalue weighted by atomic mass is 16.7. The van der Waals surface area contributed by atoms with E-state index in [9.17, 15) is 14.7 Å². The van der Waals surface area contributed by atoms with Crippen molar-refractivity contribution in [2.45, 2.75) is 104 Å². The van der Waals surface area contributed by atoms with Crippen molar-refractivity contribution >= 4 is 11.9 Å². The van der Waals surface area contributed by atoms with Gasteiger partial charge in [-0.05, 0) is 12.8 Å². The first-order chi connectivity index (χ1) is 13.5. The Balaban J connectivity index is 4.28. The van der Waals surface area contributed by atoms with Gasteiger partial charge < -0.3 is 10.2 Å². The van der Waals surface area contributed by atoms with E-state index in [1.165, 1.54) is 44.9 Å². The van der Waals surface area contributed by atoms with Crippen LogP contribution in [-0.4, -0.2) is 46.9 Å². The molecule has 0 aliphatic rings. The van der Waals surface area contributed by atoms with Gasteiger partial charge in [-0.1, -0.05) is 84.5 Å². The maximum absolute atomic E-state index is 11.6. The second kappa shape index (κ2) is 19.2. The number of hydrogen-bond acceptors (Lipinski definition) is 4. The van der Waals surface area contributed by atoms with Gasteiger partial charge in [-0.3, -0.25) is 14.4 Å². The van der Waals surface area contributed by atoms with Gasteiger partial charge in [0.2, 0.25) is 0 Å². The van der Waals surface area contributed by atoms with Crippen LogP contribution in [0, 0.1) is 5.92 Å². The summed E-state index contributed by atoms with van der Waals surface area (Å²) in [6.45, 7) is 5.37. The van der Waals surface area contributed by atoms with Gasteiger partial charge in [0.15, 0.2) is 0 Å². The average molecular weight is 402 g/mol. The molecule has 0 spiro atoms. The molecule has 0 aromatic carbocycles. The van der Waals surface area contributed by atoms with Gasteiger partial charge in [0.25, 0.3) is 0 Å². The Labute approximate surface area is 171 Å². The van der Waals surface area contributed by atoms with Crippen molar-refractivity contribution in [1.29, 1.82) is 0 Å². The summed E-state index contributed by atoms with van der Waals surface area (Å²) in [5.74, 6) is -2.22. The van der Waals surface area contributed by atoms with Crippen molar-refractivity contribution in [1.82, 2.24) is 5.06 Å². The number of carboxylic acids is 2. The molecule has 0 saturated carbocycles. The lowest BCUT2D eigenvalue weighted by Gasteiger charge is -2.24. The zero-order chi connectivity index (χ0) is 21.0. The van der Waals surface area contributed by atoms with E-state index in [0.717, 1.165) is 32.1 Å². The fourth-order valence-electron chi connectivity index (χ4n) is 3.21. The van der Waals surface area contributed by atoms with Gasteiger partial charge in [-0.2, -0.15) is 5.06 Å². The topological polar surface area (TPSA) is 87.1 Å². The smallest absolute Gasteiger partial charge is 0.307 e. The Morgan fingerprint density at radius 2 is 1.36 bits per heavy atom. The van der Waals surface area contributed by atoms with Crippen LogP contribution in [0.3, 0.4) is 0 Å². The van der Waals surface area contributed by atoms with Crippen molar-refractivity contribution in [2.75, 3.05) is 19.7 Å². The van der Waals surface area contributed by atoms with Crippen LogP contribution in [-0.2, 0) is 14.4 Å². The summed E-state index contributed by atoms with van der Waals surface area (Å²) >= 11 is 0. The van der Waals surface area contributed by atoms with E-state index in [1.54, 1.807) is 5.06 Å². The summed E-state index contributed by atoms with van der Waals surface area (Å²) in [5.41, 5.74) is 0. The maximum Gasteiger partial charge on any atom is 0.307 e. The quantitative estimate of drug-likeness (QED) is 0.195. The predicted octanol–water partition coefficient (Wildman–Crippen LogP) is 5.51. The van der Waals surface area contributed by atoms with Crippen LogP contribution in [0.1, 0.15) is 104 Å². The summed E-state index contributed by atoms with van der Waals surface area (Å²) in [6, 6.07) is 0. The molecule has 6 nitrogen and oxygen atoms in total. The van der Waals surface area contributed by atoms with E-state index >= 15 is 0 Å². The third-order valence-corrected chi connectivity index (χ3v) is 5.03. The molecule has 0 aliphatic heterocycles. The number of unbranched alkanes of at least 4 members (excludes halogenated alkanes) is 10. The van der Waals surface area contributed by atoms with Crippen molar-refractivity contribution in [3.8, 4) is 0 Å². The number of aliphatic carboxylic acids is 2. The largest absolute Gasteiger partial charge is 0.481 e. The second-order valence-electron chi connectivity index (χ2n) is 7.72. The van der Waals surface area contributed by atoms with E-state index in [1.807, 2.05) is 0 Å². The number of hydrogen-bond donors (Lipinski definition) is 2. The predicted molar refractivity (Wildman–Crippen MR) is 112 cm³/mol. The Morgan fingerprint density at radius 3 is 1.89 bits per heavy atom. The fourth-order valence-corrected chi connectivity index (χ4v) is 3.21. The fraction of sp³-hybridized carbons (Fsp3) is 0.909. The molecule has 0 saturated heterocycles. The molecule has 1 atom stereocenters. The number of nitrogens with zero attached hydrogens (tertiary/aromatic N) is 1. The highest BCUT2D eigenvalue weighted by Gasteiger charge is 2.22. The molecule has 0 rings (SSSR count). The Kier molecular flexibility index (Phi) is 18.4. The third kappa shape index (κ3) is 17.0. The molecule has 166 valence electrons. The van der Waals surface area contributed by atoms with Gasteiger partial charge in [0, 0.05) is 13.1 Å². The minimum absolute atomic E-state index is 0.0418. The Bertz CT molecular complexity index is 389. The molecular weight excluding hydrogens is 358 g/mol. The van der Waals surface area contributed by atoms with E-state index in [0.29, 0.717) is 13.0 Å². The maximum atomic E-state index is 11.6. The molecule has 1 unspecified atom stereocenters. The Morgan fingerprint density at radius 1 is 0.821 bits per heavy atom. The monoisotopic (exact) mass is 401 g/mol. The lowest BCUT2D eigenvalue weighted by atomic mass is 10.00. The molecule has 0 aromatic rings. The number of carbonyl (C=O) groups is 2. The van der Waals surface area contributed by atoms with Crippen molar-refractivity contribution in [2.24, 2.45) is 5.92 Å². The third-order valence-electron chi connectivity index (χ3n) is 5.03. The lowest BCUT2D eigenvalue weighted by molar-refractivity contribution is -0.178. The van der Waals surface area contributed by atoms with Crippen molar-refractivity contribution < 1.29 is 24.6 Å². The summed E-state index contributed by atoms with van der Waals surface area (Å²) < 4.78 is 0. The minimum atomic E-state index is -0.893. The first-order valence-electron chi connectivity index (χ1n) is 11.3. The molecule has 0 aromatic heterocycles. The molecule has 0 heterocycles. The molecule has 6 heteroatoms. The summed E-state index contributed by atoms with van der Waals surface area (Å²) in [5, 5.41) is 20.0. The molecular formula is C22H43NO5.